The zero-order valence-corrected chi connectivity index (χ0v) is 12.2. The predicted octanol–water partition coefficient (Wildman–Crippen LogP) is 2.53. The summed E-state index contributed by atoms with van der Waals surface area (Å²) in [5, 5.41) is 0. The first-order valence-corrected chi connectivity index (χ1v) is 6.74. The molecular weight excluding hydrogens is 238 g/mol. The van der Waals surface area contributed by atoms with Crippen LogP contribution in [0, 0.1) is 5.41 Å². The Morgan fingerprint density at radius 2 is 1.89 bits per heavy atom. The lowest BCUT2D eigenvalue weighted by atomic mass is 9.78. The molecule has 0 bridgehead atoms. The molecule has 1 aliphatic heterocycles. The van der Waals surface area contributed by atoms with Crippen molar-refractivity contribution < 1.29 is 9.53 Å². The van der Waals surface area contributed by atoms with E-state index in [1.54, 1.807) is 0 Å². The number of Topliss-reactive ketones (excluding diaryl/α,β-unsaturated/α-hetero) is 1. The summed E-state index contributed by atoms with van der Waals surface area (Å²) in [6.45, 7) is 9.24. The summed E-state index contributed by atoms with van der Waals surface area (Å²) >= 11 is 0. The smallest absolute Gasteiger partial charge is 0.172 e. The average molecular weight is 261 g/mol. The number of benzene rings is 1. The number of ether oxygens (including phenoxy) is 1. The highest BCUT2D eigenvalue weighted by molar-refractivity contribution is 6.01. The van der Waals surface area contributed by atoms with Crippen molar-refractivity contribution in [2.45, 2.75) is 39.2 Å². The van der Waals surface area contributed by atoms with Crippen molar-refractivity contribution in [2.24, 2.45) is 11.1 Å². The van der Waals surface area contributed by atoms with Gasteiger partial charge in [0, 0.05) is 11.6 Å². The van der Waals surface area contributed by atoms with Crippen LogP contribution in [0.3, 0.4) is 0 Å². The number of nitrogens with two attached hydrogens (primary N) is 1. The highest BCUT2D eigenvalue weighted by Crippen LogP contribution is 2.32. The Hall–Kier alpha value is -1.19. The first kappa shape index (κ1) is 14.2. The largest absolute Gasteiger partial charge is 0.379 e. The van der Waals surface area contributed by atoms with Crippen LogP contribution < -0.4 is 5.73 Å². The minimum Gasteiger partial charge on any atom is -0.379 e. The minimum atomic E-state index is -0.594. The lowest BCUT2D eigenvalue weighted by Crippen LogP contribution is -2.44. The Bertz CT molecular complexity index is 473. The van der Waals surface area contributed by atoms with Crippen LogP contribution in [0.4, 0.5) is 0 Å². The van der Waals surface area contributed by atoms with Crippen LogP contribution in [0.15, 0.2) is 24.3 Å². The van der Waals surface area contributed by atoms with Gasteiger partial charge in [-0.2, -0.15) is 0 Å². The second kappa shape index (κ2) is 4.73. The van der Waals surface area contributed by atoms with E-state index in [-0.39, 0.29) is 17.2 Å². The zero-order chi connectivity index (χ0) is 14.3. The molecule has 3 heteroatoms. The third-order valence-corrected chi connectivity index (χ3v) is 4.05. The Morgan fingerprint density at radius 1 is 1.32 bits per heavy atom. The molecule has 1 aromatic carbocycles. The number of ketones is 1. The molecule has 0 aliphatic carbocycles. The van der Waals surface area contributed by atoms with Gasteiger partial charge in [0.25, 0.3) is 0 Å². The summed E-state index contributed by atoms with van der Waals surface area (Å²) in [5.74, 6) is 0.0814. The topological polar surface area (TPSA) is 52.3 Å². The summed E-state index contributed by atoms with van der Waals surface area (Å²) in [5.41, 5.74) is 7.45. The normalized spacial score (nSPS) is 27.5. The number of hydrogen-bond donors (Lipinski definition) is 1. The Balaban J connectivity index is 2.26. The van der Waals surface area contributed by atoms with Crippen LogP contribution in [-0.4, -0.2) is 25.0 Å². The SMILES string of the molecule is CC(C)(C)c1ccc(C(=O)C2(C)COCC2N)cc1. The van der Waals surface area contributed by atoms with Crippen molar-refractivity contribution in [3.05, 3.63) is 35.4 Å². The van der Waals surface area contributed by atoms with Crippen LogP contribution in [-0.2, 0) is 10.2 Å². The molecule has 1 aromatic rings. The fourth-order valence-electron chi connectivity index (χ4n) is 2.37. The minimum absolute atomic E-state index is 0.0814. The fraction of sp³-hybridized carbons (Fsp3) is 0.562. The third kappa shape index (κ3) is 2.58. The molecule has 2 atom stereocenters. The maximum Gasteiger partial charge on any atom is 0.172 e. The van der Waals surface area contributed by atoms with E-state index in [0.29, 0.717) is 13.2 Å². The standard InChI is InChI=1S/C16H23NO2/c1-15(2,3)12-7-5-11(6-8-12)14(18)16(4)10-19-9-13(16)17/h5-8,13H,9-10,17H2,1-4H3. The van der Waals surface area contributed by atoms with Crippen molar-refractivity contribution in [3.8, 4) is 0 Å². The molecule has 0 saturated carbocycles. The molecule has 104 valence electrons. The van der Waals surface area contributed by atoms with Gasteiger partial charge in [0.2, 0.25) is 0 Å². The quantitative estimate of drug-likeness (QED) is 0.832. The molecular formula is C16H23NO2. The molecule has 0 aromatic heterocycles. The molecule has 2 N–H and O–H groups in total. The molecule has 1 heterocycles. The molecule has 1 aliphatic rings. The maximum atomic E-state index is 12.6. The molecule has 19 heavy (non-hydrogen) atoms. The van der Waals surface area contributed by atoms with Crippen molar-refractivity contribution in [2.75, 3.05) is 13.2 Å². The number of rotatable bonds is 2. The van der Waals surface area contributed by atoms with Crippen LogP contribution in [0.1, 0.15) is 43.6 Å². The predicted molar refractivity (Wildman–Crippen MR) is 76.4 cm³/mol. The first-order chi connectivity index (χ1) is 8.75. The first-order valence-electron chi connectivity index (χ1n) is 6.74. The molecule has 2 unspecified atom stereocenters. The second-order valence-corrected chi connectivity index (χ2v) is 6.70. The Labute approximate surface area is 115 Å². The highest BCUT2D eigenvalue weighted by Gasteiger charge is 2.44. The summed E-state index contributed by atoms with van der Waals surface area (Å²) < 4.78 is 5.35. The molecule has 0 radical (unpaired) electrons. The number of carbonyl (C=O) groups excluding carboxylic acids is 1. The Morgan fingerprint density at radius 3 is 2.32 bits per heavy atom. The van der Waals surface area contributed by atoms with Gasteiger partial charge in [-0.1, -0.05) is 45.0 Å². The summed E-state index contributed by atoms with van der Waals surface area (Å²) in [4.78, 5) is 12.6. The second-order valence-electron chi connectivity index (χ2n) is 6.70. The van der Waals surface area contributed by atoms with E-state index in [0.717, 1.165) is 5.56 Å². The molecule has 1 saturated heterocycles. The van der Waals surface area contributed by atoms with E-state index in [4.69, 9.17) is 10.5 Å². The number of hydrogen-bond acceptors (Lipinski definition) is 3. The van der Waals surface area contributed by atoms with Gasteiger partial charge < -0.3 is 10.5 Å². The molecule has 2 rings (SSSR count). The van der Waals surface area contributed by atoms with Crippen molar-refractivity contribution in [1.29, 1.82) is 0 Å². The van der Waals surface area contributed by atoms with Crippen molar-refractivity contribution in [1.82, 2.24) is 0 Å². The summed E-state index contributed by atoms with van der Waals surface area (Å²) in [6.07, 6.45) is 0. The van der Waals surface area contributed by atoms with Gasteiger partial charge in [-0.3, -0.25) is 4.79 Å². The fourth-order valence-corrected chi connectivity index (χ4v) is 2.37. The van der Waals surface area contributed by atoms with Gasteiger partial charge in [0.15, 0.2) is 5.78 Å². The van der Waals surface area contributed by atoms with Crippen LogP contribution in [0.25, 0.3) is 0 Å². The van der Waals surface area contributed by atoms with Crippen molar-refractivity contribution in [3.63, 3.8) is 0 Å². The van der Waals surface area contributed by atoms with Crippen molar-refractivity contribution >= 4 is 5.78 Å². The van der Waals surface area contributed by atoms with Gasteiger partial charge in [0.05, 0.1) is 18.6 Å². The van der Waals surface area contributed by atoms with E-state index in [9.17, 15) is 4.79 Å². The third-order valence-electron chi connectivity index (χ3n) is 4.05. The van der Waals surface area contributed by atoms with E-state index >= 15 is 0 Å². The van der Waals surface area contributed by atoms with Crippen LogP contribution >= 0.6 is 0 Å². The van der Waals surface area contributed by atoms with E-state index in [2.05, 4.69) is 20.8 Å². The highest BCUT2D eigenvalue weighted by atomic mass is 16.5. The molecule has 1 fully saturated rings. The molecule has 0 spiro atoms. The van der Waals surface area contributed by atoms with E-state index in [1.165, 1.54) is 5.56 Å². The van der Waals surface area contributed by atoms with Crippen LogP contribution in [0.2, 0.25) is 0 Å². The van der Waals surface area contributed by atoms with Gasteiger partial charge in [-0.15, -0.1) is 0 Å². The zero-order valence-electron chi connectivity index (χ0n) is 12.2. The van der Waals surface area contributed by atoms with Gasteiger partial charge in [-0.05, 0) is 17.9 Å². The Kier molecular flexibility index (Phi) is 3.54. The molecule has 3 nitrogen and oxygen atoms in total. The van der Waals surface area contributed by atoms with E-state index in [1.807, 2.05) is 31.2 Å². The maximum absolute atomic E-state index is 12.6. The average Bonchev–Trinajstić information content (AvgIpc) is 2.69. The van der Waals surface area contributed by atoms with Crippen LogP contribution in [0.5, 0.6) is 0 Å². The summed E-state index contributed by atoms with van der Waals surface area (Å²) in [7, 11) is 0. The van der Waals surface area contributed by atoms with Gasteiger partial charge >= 0.3 is 0 Å². The lowest BCUT2D eigenvalue weighted by molar-refractivity contribution is 0.0767. The summed E-state index contributed by atoms with van der Waals surface area (Å²) in [6, 6.07) is 7.64. The number of carbonyl (C=O) groups is 1. The van der Waals surface area contributed by atoms with Gasteiger partial charge in [-0.25, -0.2) is 0 Å². The monoisotopic (exact) mass is 261 g/mol. The lowest BCUT2D eigenvalue weighted by Gasteiger charge is -2.25. The van der Waals surface area contributed by atoms with Gasteiger partial charge in [0.1, 0.15) is 0 Å². The van der Waals surface area contributed by atoms with E-state index < -0.39 is 5.41 Å². The molecule has 0 amide bonds.